The molecule has 0 spiro atoms. The van der Waals surface area contributed by atoms with Gasteiger partial charge in [-0.15, -0.1) is 10.2 Å². The van der Waals surface area contributed by atoms with Crippen molar-refractivity contribution in [3.05, 3.63) is 14.8 Å². The van der Waals surface area contributed by atoms with Gasteiger partial charge >= 0.3 is 0 Å². The van der Waals surface area contributed by atoms with Crippen LogP contribution in [0.4, 0.5) is 5.82 Å². The number of hydrogen-bond acceptors (Lipinski definition) is 3. The van der Waals surface area contributed by atoms with Crippen molar-refractivity contribution in [2.75, 3.05) is 5.73 Å². The highest BCUT2D eigenvalue weighted by Crippen LogP contribution is 2.14. The van der Waals surface area contributed by atoms with Crippen LogP contribution in [0.2, 0.25) is 5.15 Å². The molecule has 0 aliphatic rings. The van der Waals surface area contributed by atoms with Crippen molar-refractivity contribution in [3.63, 3.8) is 0 Å². The van der Waals surface area contributed by atoms with E-state index in [2.05, 4.69) is 10.2 Å². The van der Waals surface area contributed by atoms with Gasteiger partial charge in [0.1, 0.15) is 5.82 Å². The van der Waals surface area contributed by atoms with Crippen molar-refractivity contribution < 1.29 is 0 Å². The summed E-state index contributed by atoms with van der Waals surface area (Å²) in [6.07, 6.45) is 0. The SMILES string of the molecule is Nc1cc(I)c(Cl)nn1. The summed E-state index contributed by atoms with van der Waals surface area (Å²) in [6, 6.07) is 1.66. The average molecular weight is 255 g/mol. The van der Waals surface area contributed by atoms with E-state index in [4.69, 9.17) is 17.3 Å². The zero-order chi connectivity index (χ0) is 6.85. The van der Waals surface area contributed by atoms with Gasteiger partial charge in [0.15, 0.2) is 5.15 Å². The van der Waals surface area contributed by atoms with Gasteiger partial charge in [0, 0.05) is 0 Å². The fourth-order valence-corrected chi connectivity index (χ4v) is 0.887. The molecule has 48 valence electrons. The molecule has 3 nitrogen and oxygen atoms in total. The lowest BCUT2D eigenvalue weighted by molar-refractivity contribution is 1.03. The second-order valence-corrected chi connectivity index (χ2v) is 2.93. The molecule has 0 aromatic carbocycles. The summed E-state index contributed by atoms with van der Waals surface area (Å²) in [7, 11) is 0. The van der Waals surface area contributed by atoms with Crippen molar-refractivity contribution in [2.45, 2.75) is 0 Å². The Morgan fingerprint density at radius 2 is 2.22 bits per heavy atom. The highest BCUT2D eigenvalue weighted by molar-refractivity contribution is 14.1. The third kappa shape index (κ3) is 1.65. The molecule has 0 fully saturated rings. The molecule has 0 radical (unpaired) electrons. The van der Waals surface area contributed by atoms with E-state index in [-0.39, 0.29) is 0 Å². The van der Waals surface area contributed by atoms with Crippen molar-refractivity contribution >= 4 is 40.0 Å². The first-order valence-corrected chi connectivity index (χ1v) is 3.60. The van der Waals surface area contributed by atoms with Gasteiger partial charge < -0.3 is 5.73 Å². The number of rotatable bonds is 0. The van der Waals surface area contributed by atoms with Crippen LogP contribution in [-0.2, 0) is 0 Å². The number of anilines is 1. The molecule has 0 aliphatic carbocycles. The highest BCUT2D eigenvalue weighted by Gasteiger charge is 1.96. The van der Waals surface area contributed by atoms with E-state index in [1.54, 1.807) is 6.07 Å². The minimum atomic E-state index is 0.392. The summed E-state index contributed by atoms with van der Waals surface area (Å²) in [5.74, 6) is 0.392. The Hall–Kier alpha value is -0.100. The van der Waals surface area contributed by atoms with Crippen LogP contribution in [0.3, 0.4) is 0 Å². The Morgan fingerprint density at radius 3 is 2.67 bits per heavy atom. The van der Waals surface area contributed by atoms with Crippen LogP contribution < -0.4 is 5.73 Å². The number of hydrogen-bond donors (Lipinski definition) is 1. The van der Waals surface area contributed by atoms with E-state index < -0.39 is 0 Å². The molecule has 2 N–H and O–H groups in total. The predicted octanol–water partition coefficient (Wildman–Crippen LogP) is 1.32. The molecule has 1 heterocycles. The summed E-state index contributed by atoms with van der Waals surface area (Å²) in [5, 5.41) is 7.49. The summed E-state index contributed by atoms with van der Waals surface area (Å²) < 4.78 is 0.821. The lowest BCUT2D eigenvalue weighted by Gasteiger charge is -1.92. The third-order valence-electron chi connectivity index (χ3n) is 0.725. The molecule has 0 aliphatic heterocycles. The van der Waals surface area contributed by atoms with E-state index >= 15 is 0 Å². The molecule has 0 saturated carbocycles. The van der Waals surface area contributed by atoms with E-state index in [0.717, 1.165) is 3.57 Å². The molecule has 1 rings (SSSR count). The Bertz CT molecular complexity index is 227. The molecule has 0 atom stereocenters. The summed E-state index contributed by atoms with van der Waals surface area (Å²) in [5.41, 5.74) is 5.29. The molecule has 1 aromatic heterocycles. The van der Waals surface area contributed by atoms with E-state index in [1.165, 1.54) is 0 Å². The smallest absolute Gasteiger partial charge is 0.165 e. The van der Waals surface area contributed by atoms with Gasteiger partial charge in [0.25, 0.3) is 0 Å². The third-order valence-corrected chi connectivity index (χ3v) is 2.15. The molecule has 5 heteroatoms. The average Bonchev–Trinajstić information content (AvgIpc) is 1.80. The van der Waals surface area contributed by atoms with Crippen LogP contribution in [0, 0.1) is 3.57 Å². The van der Waals surface area contributed by atoms with Gasteiger partial charge in [0.2, 0.25) is 0 Å². The number of nitrogen functional groups attached to an aromatic ring is 1. The van der Waals surface area contributed by atoms with Gasteiger partial charge in [-0.1, -0.05) is 11.6 Å². The zero-order valence-electron chi connectivity index (χ0n) is 4.31. The Balaban J connectivity index is 3.17. The van der Waals surface area contributed by atoms with E-state index in [0.29, 0.717) is 11.0 Å². The maximum absolute atomic E-state index is 5.54. The standard InChI is InChI=1S/C4H3ClIN3/c5-4-2(6)1-3(7)8-9-4/h1H,(H2,7,8). The molecule has 0 saturated heterocycles. The van der Waals surface area contributed by atoms with Gasteiger partial charge in [-0.25, -0.2) is 0 Å². The minimum Gasteiger partial charge on any atom is -0.382 e. The van der Waals surface area contributed by atoms with Crippen LogP contribution in [0.15, 0.2) is 6.07 Å². The predicted molar refractivity (Wildman–Crippen MR) is 44.2 cm³/mol. The molecule has 0 amide bonds. The maximum Gasteiger partial charge on any atom is 0.165 e. The van der Waals surface area contributed by atoms with Crippen LogP contribution in [0.1, 0.15) is 0 Å². The molecule has 0 bridgehead atoms. The topological polar surface area (TPSA) is 51.8 Å². The first kappa shape index (κ1) is 7.01. The Labute approximate surface area is 70.7 Å². The maximum atomic E-state index is 5.54. The fourth-order valence-electron chi connectivity index (χ4n) is 0.368. The van der Waals surface area contributed by atoms with Gasteiger partial charge in [-0.3, -0.25) is 0 Å². The summed E-state index contributed by atoms with van der Waals surface area (Å²) >= 11 is 7.58. The Morgan fingerprint density at radius 1 is 1.56 bits per heavy atom. The van der Waals surface area contributed by atoms with E-state index in [1.807, 2.05) is 22.6 Å². The van der Waals surface area contributed by atoms with Gasteiger partial charge in [-0.2, -0.15) is 0 Å². The van der Waals surface area contributed by atoms with E-state index in [9.17, 15) is 0 Å². The normalized spacial score (nSPS) is 9.56. The number of aromatic nitrogens is 2. The van der Waals surface area contributed by atoms with Crippen LogP contribution in [0.25, 0.3) is 0 Å². The van der Waals surface area contributed by atoms with Crippen LogP contribution in [0.5, 0.6) is 0 Å². The largest absolute Gasteiger partial charge is 0.382 e. The van der Waals surface area contributed by atoms with Crippen molar-refractivity contribution in [3.8, 4) is 0 Å². The van der Waals surface area contributed by atoms with Gasteiger partial charge in [-0.05, 0) is 28.7 Å². The molecular weight excluding hydrogens is 252 g/mol. The number of nitrogens with two attached hydrogens (primary N) is 1. The summed E-state index contributed by atoms with van der Waals surface area (Å²) in [4.78, 5) is 0. The lowest BCUT2D eigenvalue weighted by Crippen LogP contribution is -1.93. The second-order valence-electron chi connectivity index (χ2n) is 1.41. The first-order valence-electron chi connectivity index (χ1n) is 2.14. The molecule has 1 aromatic rings. The quantitative estimate of drug-likeness (QED) is 0.711. The van der Waals surface area contributed by atoms with Gasteiger partial charge in [0.05, 0.1) is 3.57 Å². The first-order chi connectivity index (χ1) is 4.20. The van der Waals surface area contributed by atoms with Crippen LogP contribution in [-0.4, -0.2) is 10.2 Å². The highest BCUT2D eigenvalue weighted by atomic mass is 127. The Kier molecular flexibility index (Phi) is 2.07. The van der Waals surface area contributed by atoms with Crippen LogP contribution >= 0.6 is 34.2 Å². The second kappa shape index (κ2) is 2.66. The molecular formula is C4H3ClIN3. The van der Waals surface area contributed by atoms with Crippen molar-refractivity contribution in [1.82, 2.24) is 10.2 Å². The molecule has 0 unspecified atom stereocenters. The van der Waals surface area contributed by atoms with Crippen molar-refractivity contribution in [2.24, 2.45) is 0 Å². The lowest BCUT2D eigenvalue weighted by atomic mass is 10.5. The monoisotopic (exact) mass is 255 g/mol. The van der Waals surface area contributed by atoms with Crippen molar-refractivity contribution in [1.29, 1.82) is 0 Å². The molecule has 9 heavy (non-hydrogen) atoms. The summed E-state index contributed by atoms with van der Waals surface area (Å²) in [6.45, 7) is 0. The number of halogens is 2. The fraction of sp³-hybridized carbons (Fsp3) is 0. The zero-order valence-corrected chi connectivity index (χ0v) is 7.22. The number of nitrogens with zero attached hydrogens (tertiary/aromatic N) is 2. The minimum absolute atomic E-state index is 0.392.